The number of benzene rings is 2. The van der Waals surface area contributed by atoms with Gasteiger partial charge in [0.1, 0.15) is 5.82 Å². The zero-order valence-corrected chi connectivity index (χ0v) is 17.4. The van der Waals surface area contributed by atoms with Crippen molar-refractivity contribution in [3.8, 4) is 0 Å². The Labute approximate surface area is 178 Å². The van der Waals surface area contributed by atoms with Crippen molar-refractivity contribution in [1.29, 1.82) is 0 Å². The third-order valence-corrected chi connectivity index (χ3v) is 4.88. The van der Waals surface area contributed by atoms with E-state index in [4.69, 9.17) is 5.73 Å². The number of amides is 1. The molecule has 0 saturated carbocycles. The first-order chi connectivity index (χ1) is 12.6. The number of hydrogen-bond donors (Lipinski definition) is 1. The summed E-state index contributed by atoms with van der Waals surface area (Å²) in [5.41, 5.74) is 8.28. The quantitative estimate of drug-likeness (QED) is 0.789. The van der Waals surface area contributed by atoms with Crippen LogP contribution in [0.5, 0.6) is 0 Å². The van der Waals surface area contributed by atoms with Crippen LogP contribution >= 0.6 is 24.8 Å². The average Bonchev–Trinajstić information content (AvgIpc) is 2.90. The Morgan fingerprint density at radius 2 is 1.64 bits per heavy atom. The molecule has 4 nitrogen and oxygen atoms in total. The molecule has 0 aliphatic carbocycles. The molecule has 28 heavy (non-hydrogen) atoms. The number of rotatable bonds is 5. The Morgan fingerprint density at radius 3 is 2.32 bits per heavy atom. The Hall–Kier alpha value is -1.66. The molecule has 1 heterocycles. The second kappa shape index (κ2) is 12.0. The molecule has 7 heteroatoms. The van der Waals surface area contributed by atoms with Crippen LogP contribution in [-0.2, 0) is 11.3 Å². The molecule has 1 atom stereocenters. The summed E-state index contributed by atoms with van der Waals surface area (Å²) in [5, 5.41) is 0. The lowest BCUT2D eigenvalue weighted by Gasteiger charge is -2.23. The van der Waals surface area contributed by atoms with E-state index >= 15 is 0 Å². The van der Waals surface area contributed by atoms with Gasteiger partial charge < -0.3 is 10.6 Å². The van der Waals surface area contributed by atoms with E-state index in [1.807, 2.05) is 47.4 Å². The Balaban J connectivity index is 0.00000196. The minimum absolute atomic E-state index is 0. The highest BCUT2D eigenvalue weighted by Crippen LogP contribution is 2.16. The summed E-state index contributed by atoms with van der Waals surface area (Å²) in [6, 6.07) is 16.1. The molecule has 1 saturated heterocycles. The van der Waals surface area contributed by atoms with E-state index in [0.717, 1.165) is 43.7 Å². The fourth-order valence-corrected chi connectivity index (χ4v) is 3.36. The molecular formula is C21H28Cl2FN3O. The molecule has 1 aliphatic rings. The predicted octanol–water partition coefficient (Wildman–Crippen LogP) is 3.79. The van der Waals surface area contributed by atoms with E-state index in [-0.39, 0.29) is 42.6 Å². The highest BCUT2D eigenvalue weighted by molar-refractivity contribution is 5.85. The molecule has 2 aromatic rings. The first kappa shape index (κ1) is 24.4. The number of hydrogen-bond acceptors (Lipinski definition) is 3. The topological polar surface area (TPSA) is 49.6 Å². The number of nitrogens with zero attached hydrogens (tertiary/aromatic N) is 2. The largest absolute Gasteiger partial charge is 0.341 e. The van der Waals surface area contributed by atoms with E-state index in [0.29, 0.717) is 13.0 Å². The number of halogens is 3. The van der Waals surface area contributed by atoms with Crippen LogP contribution in [0.3, 0.4) is 0 Å². The molecule has 0 aromatic heterocycles. The van der Waals surface area contributed by atoms with Gasteiger partial charge in [0.05, 0.1) is 0 Å². The summed E-state index contributed by atoms with van der Waals surface area (Å²) >= 11 is 0. The summed E-state index contributed by atoms with van der Waals surface area (Å²) < 4.78 is 13.0. The van der Waals surface area contributed by atoms with Crippen LogP contribution in [0, 0.1) is 5.82 Å². The maximum Gasteiger partial charge on any atom is 0.224 e. The maximum absolute atomic E-state index is 13.0. The molecule has 1 fully saturated rings. The second-order valence-electron chi connectivity index (χ2n) is 6.86. The number of carbonyl (C=O) groups excluding carboxylic acids is 1. The van der Waals surface area contributed by atoms with E-state index < -0.39 is 0 Å². The molecule has 2 N–H and O–H groups in total. The molecule has 0 radical (unpaired) electrons. The van der Waals surface area contributed by atoms with Crippen molar-refractivity contribution in [2.75, 3.05) is 26.2 Å². The van der Waals surface area contributed by atoms with Crippen LogP contribution in [0.4, 0.5) is 4.39 Å². The summed E-state index contributed by atoms with van der Waals surface area (Å²) in [6.07, 6.45) is 1.27. The van der Waals surface area contributed by atoms with Crippen LogP contribution in [-0.4, -0.2) is 41.9 Å². The standard InChI is InChI=1S/C21H26FN3O.2ClH/c22-19-9-7-17(8-10-19)16-24-11-4-12-25(14-13-24)21(26)15-20(23)18-5-2-1-3-6-18;;/h1-3,5-10,20H,4,11-16,23H2;2*1H. The van der Waals surface area contributed by atoms with Crippen molar-refractivity contribution in [1.82, 2.24) is 9.80 Å². The van der Waals surface area contributed by atoms with Crippen molar-refractivity contribution in [3.63, 3.8) is 0 Å². The molecule has 1 amide bonds. The van der Waals surface area contributed by atoms with E-state index in [9.17, 15) is 9.18 Å². The van der Waals surface area contributed by atoms with Gasteiger partial charge in [-0.25, -0.2) is 4.39 Å². The molecule has 0 bridgehead atoms. The first-order valence-electron chi connectivity index (χ1n) is 9.17. The zero-order chi connectivity index (χ0) is 18.4. The second-order valence-corrected chi connectivity index (χ2v) is 6.86. The van der Waals surface area contributed by atoms with Crippen LogP contribution in [0.25, 0.3) is 0 Å². The maximum atomic E-state index is 13.0. The Bertz CT molecular complexity index is 715. The van der Waals surface area contributed by atoms with Gasteiger partial charge in [0.15, 0.2) is 0 Å². The SMILES string of the molecule is Cl.Cl.NC(CC(=O)N1CCCN(Cc2ccc(F)cc2)CC1)c1ccccc1. The predicted molar refractivity (Wildman–Crippen MR) is 115 cm³/mol. The van der Waals surface area contributed by atoms with E-state index in [2.05, 4.69) is 4.90 Å². The fourth-order valence-electron chi connectivity index (χ4n) is 3.36. The van der Waals surface area contributed by atoms with Crippen molar-refractivity contribution in [3.05, 3.63) is 71.5 Å². The van der Waals surface area contributed by atoms with Gasteiger partial charge in [0.2, 0.25) is 5.91 Å². The van der Waals surface area contributed by atoms with E-state index in [1.54, 1.807) is 0 Å². The highest BCUT2D eigenvalue weighted by Gasteiger charge is 2.21. The normalized spacial score (nSPS) is 15.7. The lowest BCUT2D eigenvalue weighted by molar-refractivity contribution is -0.131. The molecule has 1 aliphatic heterocycles. The fraction of sp³-hybridized carbons (Fsp3) is 0.381. The average molecular weight is 428 g/mol. The van der Waals surface area contributed by atoms with Gasteiger partial charge in [-0.1, -0.05) is 42.5 Å². The first-order valence-corrected chi connectivity index (χ1v) is 9.17. The summed E-state index contributed by atoms with van der Waals surface area (Å²) in [5.74, 6) is -0.0962. The van der Waals surface area contributed by atoms with Crippen molar-refractivity contribution in [2.45, 2.75) is 25.4 Å². The van der Waals surface area contributed by atoms with Gasteiger partial charge in [0.25, 0.3) is 0 Å². The summed E-state index contributed by atoms with van der Waals surface area (Å²) in [6.45, 7) is 4.02. The van der Waals surface area contributed by atoms with Crippen LogP contribution < -0.4 is 5.73 Å². The zero-order valence-electron chi connectivity index (χ0n) is 15.8. The third-order valence-electron chi connectivity index (χ3n) is 4.88. The van der Waals surface area contributed by atoms with Crippen LogP contribution in [0.15, 0.2) is 54.6 Å². The van der Waals surface area contributed by atoms with Gasteiger partial charge in [-0.3, -0.25) is 9.69 Å². The Kier molecular flexibility index (Phi) is 10.5. The number of carbonyl (C=O) groups is 1. The van der Waals surface area contributed by atoms with Gasteiger partial charge in [0, 0.05) is 45.2 Å². The van der Waals surface area contributed by atoms with Crippen molar-refractivity contribution >= 4 is 30.7 Å². The summed E-state index contributed by atoms with van der Waals surface area (Å²) in [7, 11) is 0. The minimum atomic E-state index is -0.262. The lowest BCUT2D eigenvalue weighted by atomic mass is 10.0. The van der Waals surface area contributed by atoms with Crippen LogP contribution in [0.1, 0.15) is 30.0 Å². The molecule has 2 aromatic carbocycles. The van der Waals surface area contributed by atoms with E-state index in [1.165, 1.54) is 12.1 Å². The lowest BCUT2D eigenvalue weighted by Crippen LogP contribution is -2.36. The monoisotopic (exact) mass is 427 g/mol. The molecule has 154 valence electrons. The van der Waals surface area contributed by atoms with Crippen molar-refractivity contribution < 1.29 is 9.18 Å². The van der Waals surface area contributed by atoms with Gasteiger partial charge in [-0.05, 0) is 29.7 Å². The van der Waals surface area contributed by atoms with Gasteiger partial charge >= 0.3 is 0 Å². The third kappa shape index (κ3) is 7.06. The van der Waals surface area contributed by atoms with Gasteiger partial charge in [-0.2, -0.15) is 0 Å². The molecule has 0 spiro atoms. The summed E-state index contributed by atoms with van der Waals surface area (Å²) in [4.78, 5) is 16.9. The molecule has 3 rings (SSSR count). The van der Waals surface area contributed by atoms with Crippen LogP contribution in [0.2, 0.25) is 0 Å². The molecule has 1 unspecified atom stereocenters. The number of nitrogens with two attached hydrogens (primary N) is 1. The van der Waals surface area contributed by atoms with Gasteiger partial charge in [-0.15, -0.1) is 24.8 Å². The van der Waals surface area contributed by atoms with Crippen molar-refractivity contribution in [2.24, 2.45) is 5.73 Å². The molecular weight excluding hydrogens is 400 g/mol. The Morgan fingerprint density at radius 1 is 0.964 bits per heavy atom. The smallest absolute Gasteiger partial charge is 0.224 e. The minimum Gasteiger partial charge on any atom is -0.341 e. The highest BCUT2D eigenvalue weighted by atomic mass is 35.5.